The average molecular weight is 368 g/mol. The Labute approximate surface area is 155 Å². The first-order valence-corrected chi connectivity index (χ1v) is 9.39. The van der Waals surface area contributed by atoms with Crippen LogP contribution in [0.5, 0.6) is 0 Å². The van der Waals surface area contributed by atoms with E-state index in [0.29, 0.717) is 23.2 Å². The summed E-state index contributed by atoms with van der Waals surface area (Å²) in [6, 6.07) is 5.09. The van der Waals surface area contributed by atoms with Gasteiger partial charge in [0, 0.05) is 31.6 Å². The van der Waals surface area contributed by atoms with Crippen molar-refractivity contribution in [2.45, 2.75) is 43.8 Å². The molecule has 4 saturated heterocycles. The van der Waals surface area contributed by atoms with Gasteiger partial charge < -0.3 is 10.2 Å². The van der Waals surface area contributed by atoms with Gasteiger partial charge in [-0.05, 0) is 31.4 Å². The van der Waals surface area contributed by atoms with Crippen LogP contribution in [0.1, 0.15) is 46.4 Å². The number of anilines is 1. The summed E-state index contributed by atoms with van der Waals surface area (Å²) in [6.45, 7) is 1.67. The zero-order valence-electron chi connectivity index (χ0n) is 14.7. The molecule has 3 unspecified atom stereocenters. The van der Waals surface area contributed by atoms with E-state index in [9.17, 15) is 19.2 Å². The number of nitrogens with zero attached hydrogens (tertiary/aromatic N) is 2. The van der Waals surface area contributed by atoms with Gasteiger partial charge in [0.25, 0.3) is 11.8 Å². The number of piperazine rings is 1. The fraction of sp³-hybridized carbons (Fsp3) is 0.474. The Kier molecular flexibility index (Phi) is 3.58. The van der Waals surface area contributed by atoms with Crippen molar-refractivity contribution >= 4 is 29.3 Å². The number of carbonyl (C=O) groups is 4. The quantitative estimate of drug-likeness (QED) is 0.715. The van der Waals surface area contributed by atoms with Gasteiger partial charge in [0.1, 0.15) is 6.04 Å². The number of rotatable bonds is 2. The summed E-state index contributed by atoms with van der Waals surface area (Å²) in [5.41, 5.74) is 1.51. The molecule has 0 spiro atoms. The van der Waals surface area contributed by atoms with E-state index in [1.807, 2.05) is 6.07 Å². The van der Waals surface area contributed by atoms with Crippen LogP contribution in [0.3, 0.4) is 0 Å². The van der Waals surface area contributed by atoms with Crippen molar-refractivity contribution < 1.29 is 19.2 Å². The highest BCUT2D eigenvalue weighted by Gasteiger charge is 2.47. The molecule has 5 heterocycles. The molecule has 140 valence electrons. The molecule has 0 aliphatic carbocycles. The molecule has 27 heavy (non-hydrogen) atoms. The number of hydrogen-bond donors (Lipinski definition) is 2. The molecule has 6 rings (SSSR count). The second-order valence-electron chi connectivity index (χ2n) is 7.64. The summed E-state index contributed by atoms with van der Waals surface area (Å²) in [7, 11) is 0. The Balaban J connectivity index is 1.52. The van der Waals surface area contributed by atoms with Crippen molar-refractivity contribution in [3.8, 4) is 0 Å². The summed E-state index contributed by atoms with van der Waals surface area (Å²) in [6.07, 6.45) is 2.47. The number of benzene rings is 1. The van der Waals surface area contributed by atoms with Gasteiger partial charge in [0.05, 0.1) is 16.8 Å². The van der Waals surface area contributed by atoms with Crippen LogP contribution in [0.4, 0.5) is 5.69 Å². The predicted octanol–water partition coefficient (Wildman–Crippen LogP) is 0.0284. The van der Waals surface area contributed by atoms with Gasteiger partial charge in [0.15, 0.2) is 0 Å². The van der Waals surface area contributed by atoms with Crippen molar-refractivity contribution in [2.24, 2.45) is 0 Å². The fourth-order valence-electron chi connectivity index (χ4n) is 4.74. The van der Waals surface area contributed by atoms with Crippen LogP contribution in [0.15, 0.2) is 18.2 Å². The molecule has 0 saturated carbocycles. The lowest BCUT2D eigenvalue weighted by Gasteiger charge is -2.47. The molecule has 4 amide bonds. The zero-order chi connectivity index (χ0) is 18.7. The van der Waals surface area contributed by atoms with E-state index >= 15 is 0 Å². The summed E-state index contributed by atoms with van der Waals surface area (Å²) >= 11 is 0. The number of piperidine rings is 3. The summed E-state index contributed by atoms with van der Waals surface area (Å²) in [5, 5.41) is 5.72. The second kappa shape index (κ2) is 5.88. The molecule has 2 N–H and O–H groups in total. The lowest BCUT2D eigenvalue weighted by Crippen LogP contribution is -2.61. The number of carbonyl (C=O) groups excluding carboxylic acids is 4. The number of imide groups is 2. The third-order valence-corrected chi connectivity index (χ3v) is 6.10. The maximum absolute atomic E-state index is 13.2. The van der Waals surface area contributed by atoms with E-state index in [1.54, 1.807) is 12.1 Å². The van der Waals surface area contributed by atoms with Crippen molar-refractivity contribution in [1.82, 2.24) is 15.5 Å². The third-order valence-electron chi connectivity index (χ3n) is 6.10. The van der Waals surface area contributed by atoms with Crippen LogP contribution < -0.4 is 15.5 Å². The molecule has 8 heteroatoms. The highest BCUT2D eigenvalue weighted by molar-refractivity contribution is 6.25. The third kappa shape index (κ3) is 2.39. The molecule has 2 bridgehead atoms. The van der Waals surface area contributed by atoms with E-state index in [1.165, 1.54) is 0 Å². The summed E-state index contributed by atoms with van der Waals surface area (Å²) in [5.74, 6) is -1.84. The van der Waals surface area contributed by atoms with Gasteiger partial charge >= 0.3 is 0 Å². The van der Waals surface area contributed by atoms with Crippen LogP contribution in [0.2, 0.25) is 0 Å². The minimum Gasteiger partial charge on any atom is -0.365 e. The van der Waals surface area contributed by atoms with Gasteiger partial charge in [-0.3, -0.25) is 29.4 Å². The minimum absolute atomic E-state index is 0.123. The normalized spacial score (nSPS) is 30.0. The highest BCUT2D eigenvalue weighted by Crippen LogP contribution is 2.37. The first-order valence-electron chi connectivity index (χ1n) is 9.39. The Bertz CT molecular complexity index is 874. The van der Waals surface area contributed by atoms with Gasteiger partial charge in [-0.2, -0.15) is 0 Å². The number of fused-ring (bicyclic) bond motifs is 4. The molecule has 4 fully saturated rings. The largest absolute Gasteiger partial charge is 0.365 e. The Hall–Kier alpha value is -2.74. The number of nitrogens with one attached hydrogen (secondary N) is 2. The Morgan fingerprint density at radius 2 is 1.85 bits per heavy atom. The van der Waals surface area contributed by atoms with E-state index in [4.69, 9.17) is 0 Å². The monoisotopic (exact) mass is 368 g/mol. The second-order valence-corrected chi connectivity index (χ2v) is 7.64. The van der Waals surface area contributed by atoms with Crippen molar-refractivity contribution in [3.63, 3.8) is 0 Å². The lowest BCUT2D eigenvalue weighted by atomic mass is 9.91. The first kappa shape index (κ1) is 16.4. The highest BCUT2D eigenvalue weighted by atomic mass is 16.2. The van der Waals surface area contributed by atoms with Crippen LogP contribution in [0.25, 0.3) is 0 Å². The Morgan fingerprint density at radius 3 is 2.52 bits per heavy atom. The fourth-order valence-corrected chi connectivity index (χ4v) is 4.74. The zero-order valence-corrected chi connectivity index (χ0v) is 14.7. The van der Waals surface area contributed by atoms with Crippen LogP contribution in [-0.2, 0) is 9.59 Å². The molecular formula is C19H20N4O4. The Morgan fingerprint density at radius 1 is 1.00 bits per heavy atom. The van der Waals surface area contributed by atoms with E-state index in [2.05, 4.69) is 15.5 Å². The molecule has 5 aliphatic heterocycles. The van der Waals surface area contributed by atoms with Crippen LogP contribution in [0, 0.1) is 0 Å². The SMILES string of the molecule is O=C1CCC(N2C(=O)c3cccc(N4CC5CCC4CN5)c3C2=O)C(=O)N1. The topological polar surface area (TPSA) is 98.8 Å². The van der Waals surface area contributed by atoms with E-state index < -0.39 is 23.8 Å². The van der Waals surface area contributed by atoms with Gasteiger partial charge in [-0.15, -0.1) is 0 Å². The van der Waals surface area contributed by atoms with Crippen molar-refractivity contribution in [1.29, 1.82) is 0 Å². The van der Waals surface area contributed by atoms with Crippen LogP contribution in [-0.4, -0.2) is 59.7 Å². The summed E-state index contributed by atoms with van der Waals surface area (Å²) < 4.78 is 0. The van der Waals surface area contributed by atoms with Gasteiger partial charge in [0.2, 0.25) is 11.8 Å². The average Bonchev–Trinajstić information content (AvgIpc) is 2.94. The number of hydrogen-bond acceptors (Lipinski definition) is 6. The van der Waals surface area contributed by atoms with Crippen molar-refractivity contribution in [2.75, 3.05) is 18.0 Å². The maximum atomic E-state index is 13.2. The minimum atomic E-state index is -0.928. The molecule has 3 atom stereocenters. The number of amides is 4. The maximum Gasteiger partial charge on any atom is 0.264 e. The van der Waals surface area contributed by atoms with E-state index in [0.717, 1.165) is 36.5 Å². The van der Waals surface area contributed by atoms with Crippen LogP contribution >= 0.6 is 0 Å². The van der Waals surface area contributed by atoms with Gasteiger partial charge in [-0.25, -0.2) is 0 Å². The molecular weight excluding hydrogens is 348 g/mol. The smallest absolute Gasteiger partial charge is 0.264 e. The molecule has 1 aromatic rings. The summed E-state index contributed by atoms with van der Waals surface area (Å²) in [4.78, 5) is 53.0. The standard InChI is InChI=1S/C19H20N4O4/c24-15-7-6-14(17(25)21-15)23-18(26)12-2-1-3-13(16(12)19(23)27)22-9-10-4-5-11(22)8-20-10/h1-3,10-11,14,20H,4-9H2,(H,21,24,25). The predicted molar refractivity (Wildman–Crippen MR) is 95.3 cm³/mol. The van der Waals surface area contributed by atoms with Gasteiger partial charge in [-0.1, -0.05) is 6.07 Å². The molecule has 1 aromatic carbocycles. The molecule has 0 aromatic heterocycles. The molecule has 5 aliphatic rings. The molecule has 8 nitrogen and oxygen atoms in total. The lowest BCUT2D eigenvalue weighted by molar-refractivity contribution is -0.136. The van der Waals surface area contributed by atoms with E-state index in [-0.39, 0.29) is 18.7 Å². The van der Waals surface area contributed by atoms with Crippen molar-refractivity contribution in [3.05, 3.63) is 29.3 Å². The molecule has 0 radical (unpaired) electrons. The first-order chi connectivity index (χ1) is 13.0.